The Morgan fingerprint density at radius 2 is 2.04 bits per heavy atom. The van der Waals surface area contributed by atoms with Crippen LogP contribution in [-0.4, -0.2) is 36.2 Å². The number of pyridine rings is 1. The summed E-state index contributed by atoms with van der Waals surface area (Å²) in [5.41, 5.74) is 2.06. The molecule has 0 saturated heterocycles. The lowest BCUT2D eigenvalue weighted by Gasteiger charge is -2.13. The number of ether oxygens (including phenoxy) is 2. The SMILES string of the molecule is COC1=CC2=CC=CC2=C(OC)CC1O.O=C1C=c2cnccc2=CC1. The average molecular weight is 351 g/mol. The molecular formula is C21H21NO4. The summed E-state index contributed by atoms with van der Waals surface area (Å²) in [6, 6.07) is 1.91. The van der Waals surface area contributed by atoms with E-state index in [0.29, 0.717) is 18.6 Å². The minimum absolute atomic E-state index is 0.158. The molecule has 0 aromatic carbocycles. The molecule has 3 aliphatic carbocycles. The number of nitrogens with zero attached hydrogens (tertiary/aromatic N) is 1. The molecule has 1 unspecified atom stereocenters. The van der Waals surface area contributed by atoms with Crippen molar-refractivity contribution in [2.75, 3.05) is 14.2 Å². The van der Waals surface area contributed by atoms with Crippen molar-refractivity contribution < 1.29 is 19.4 Å². The highest BCUT2D eigenvalue weighted by Crippen LogP contribution is 2.31. The molecule has 3 aliphatic rings. The quantitative estimate of drug-likeness (QED) is 0.870. The molecule has 1 aromatic heterocycles. The van der Waals surface area contributed by atoms with Gasteiger partial charge in [0.25, 0.3) is 0 Å². The van der Waals surface area contributed by atoms with Crippen LogP contribution in [-0.2, 0) is 14.3 Å². The second-order valence-electron chi connectivity index (χ2n) is 6.02. The molecule has 1 N–H and O–H groups in total. The number of aromatic nitrogens is 1. The molecular weight excluding hydrogens is 330 g/mol. The maximum Gasteiger partial charge on any atom is 0.160 e. The Morgan fingerprint density at radius 3 is 2.81 bits per heavy atom. The summed E-state index contributed by atoms with van der Waals surface area (Å²) < 4.78 is 10.4. The van der Waals surface area contributed by atoms with Crippen molar-refractivity contribution in [3.8, 4) is 0 Å². The predicted molar refractivity (Wildman–Crippen MR) is 99.0 cm³/mol. The summed E-state index contributed by atoms with van der Waals surface area (Å²) in [5, 5.41) is 11.9. The molecule has 0 bridgehead atoms. The summed E-state index contributed by atoms with van der Waals surface area (Å²) in [5.74, 6) is 1.53. The minimum Gasteiger partial charge on any atom is -0.500 e. The monoisotopic (exact) mass is 351 g/mol. The Bertz CT molecular complexity index is 950. The van der Waals surface area contributed by atoms with Crippen LogP contribution in [0.2, 0.25) is 0 Å². The predicted octanol–water partition coefficient (Wildman–Crippen LogP) is 1.29. The van der Waals surface area contributed by atoms with E-state index in [2.05, 4.69) is 4.98 Å². The lowest BCUT2D eigenvalue weighted by atomic mass is 10.1. The van der Waals surface area contributed by atoms with Gasteiger partial charge in [0.1, 0.15) is 17.6 Å². The van der Waals surface area contributed by atoms with Gasteiger partial charge in [-0.15, -0.1) is 0 Å². The van der Waals surface area contributed by atoms with Crippen LogP contribution in [0.25, 0.3) is 12.2 Å². The van der Waals surface area contributed by atoms with Gasteiger partial charge in [-0.25, -0.2) is 0 Å². The zero-order valence-corrected chi connectivity index (χ0v) is 14.8. The smallest absolute Gasteiger partial charge is 0.160 e. The van der Waals surface area contributed by atoms with E-state index in [-0.39, 0.29) is 5.78 Å². The largest absolute Gasteiger partial charge is 0.500 e. The topological polar surface area (TPSA) is 68.7 Å². The van der Waals surface area contributed by atoms with Crippen LogP contribution in [0.15, 0.2) is 65.4 Å². The first-order valence-electron chi connectivity index (χ1n) is 8.36. The number of Topliss-reactive ketones (excluding diaryl/α,β-unsaturated/α-hetero) is 1. The van der Waals surface area contributed by atoms with Gasteiger partial charge in [-0.05, 0) is 29.0 Å². The van der Waals surface area contributed by atoms with Gasteiger partial charge in [0.15, 0.2) is 5.78 Å². The van der Waals surface area contributed by atoms with Gasteiger partial charge in [-0.2, -0.15) is 0 Å². The van der Waals surface area contributed by atoms with Crippen molar-refractivity contribution in [2.45, 2.75) is 18.9 Å². The first-order chi connectivity index (χ1) is 12.6. The molecule has 134 valence electrons. The Kier molecular flexibility index (Phi) is 5.49. The highest BCUT2D eigenvalue weighted by atomic mass is 16.5. The number of carbonyl (C=O) groups excluding carboxylic acids is 1. The lowest BCUT2D eigenvalue weighted by molar-refractivity contribution is -0.112. The van der Waals surface area contributed by atoms with Crippen molar-refractivity contribution in [1.82, 2.24) is 4.98 Å². The third-order valence-electron chi connectivity index (χ3n) is 4.36. The third kappa shape index (κ3) is 3.83. The Labute approximate surface area is 152 Å². The summed E-state index contributed by atoms with van der Waals surface area (Å²) in [6.07, 6.45) is 15.1. The van der Waals surface area contributed by atoms with Crippen LogP contribution in [0.4, 0.5) is 0 Å². The zero-order chi connectivity index (χ0) is 18.5. The maximum absolute atomic E-state index is 10.9. The minimum atomic E-state index is -0.627. The van der Waals surface area contributed by atoms with Crippen LogP contribution in [0.3, 0.4) is 0 Å². The summed E-state index contributed by atoms with van der Waals surface area (Å²) in [7, 11) is 3.19. The van der Waals surface area contributed by atoms with Crippen LogP contribution >= 0.6 is 0 Å². The molecule has 26 heavy (non-hydrogen) atoms. The highest BCUT2D eigenvalue weighted by molar-refractivity contribution is 6.09. The Morgan fingerprint density at radius 1 is 1.19 bits per heavy atom. The van der Waals surface area contributed by atoms with E-state index in [1.165, 1.54) is 0 Å². The van der Waals surface area contributed by atoms with Gasteiger partial charge in [-0.1, -0.05) is 24.3 Å². The molecule has 5 nitrogen and oxygen atoms in total. The second kappa shape index (κ2) is 7.97. The number of fused-ring (bicyclic) bond motifs is 2. The second-order valence-corrected chi connectivity index (χ2v) is 6.02. The van der Waals surface area contributed by atoms with Gasteiger partial charge in [0, 0.05) is 36.0 Å². The van der Waals surface area contributed by atoms with Gasteiger partial charge >= 0.3 is 0 Å². The molecule has 0 fully saturated rings. The van der Waals surface area contributed by atoms with Crippen molar-refractivity contribution in [3.63, 3.8) is 0 Å². The van der Waals surface area contributed by atoms with Gasteiger partial charge in [0.2, 0.25) is 0 Å². The molecule has 1 heterocycles. The number of methoxy groups -OCH3 is 2. The van der Waals surface area contributed by atoms with Crippen molar-refractivity contribution in [3.05, 3.63) is 75.9 Å². The van der Waals surface area contributed by atoms with Crippen molar-refractivity contribution in [2.24, 2.45) is 0 Å². The van der Waals surface area contributed by atoms with E-state index in [1.54, 1.807) is 32.7 Å². The Hall–Kier alpha value is -2.92. The first kappa shape index (κ1) is 17.9. The van der Waals surface area contributed by atoms with E-state index in [4.69, 9.17) is 9.47 Å². The molecule has 0 amide bonds. The normalized spacial score (nSPS) is 20.3. The molecule has 4 rings (SSSR count). The third-order valence-corrected chi connectivity index (χ3v) is 4.36. The molecule has 0 saturated carbocycles. The summed E-state index contributed by atoms with van der Waals surface area (Å²) in [6.45, 7) is 0. The Balaban J connectivity index is 0.000000158. The number of allylic oxidation sites excluding steroid dienone is 6. The number of aliphatic hydroxyl groups excluding tert-OH is 1. The highest BCUT2D eigenvalue weighted by Gasteiger charge is 2.23. The molecule has 1 aromatic rings. The van der Waals surface area contributed by atoms with Crippen LogP contribution in [0, 0.1) is 0 Å². The fourth-order valence-corrected chi connectivity index (χ4v) is 3.00. The number of ketones is 1. The van der Waals surface area contributed by atoms with E-state index in [9.17, 15) is 9.90 Å². The first-order valence-corrected chi connectivity index (χ1v) is 8.36. The fourth-order valence-electron chi connectivity index (χ4n) is 3.00. The van der Waals surface area contributed by atoms with Crippen molar-refractivity contribution >= 4 is 17.9 Å². The molecule has 1 atom stereocenters. The van der Waals surface area contributed by atoms with Crippen LogP contribution < -0.4 is 10.4 Å². The summed E-state index contributed by atoms with van der Waals surface area (Å²) in [4.78, 5) is 14.8. The van der Waals surface area contributed by atoms with Gasteiger partial charge < -0.3 is 14.6 Å². The molecule has 0 spiro atoms. The average Bonchev–Trinajstić information content (AvgIpc) is 3.07. The van der Waals surface area contributed by atoms with E-state index < -0.39 is 6.10 Å². The van der Waals surface area contributed by atoms with Crippen LogP contribution in [0.1, 0.15) is 12.8 Å². The van der Waals surface area contributed by atoms with Crippen molar-refractivity contribution in [1.29, 1.82) is 0 Å². The number of aliphatic hydroxyl groups is 1. The number of hydrogen-bond acceptors (Lipinski definition) is 5. The van der Waals surface area contributed by atoms with E-state index in [0.717, 1.165) is 27.3 Å². The number of hydrogen-bond donors (Lipinski definition) is 1. The van der Waals surface area contributed by atoms with Gasteiger partial charge in [0.05, 0.1) is 14.2 Å². The summed E-state index contributed by atoms with van der Waals surface area (Å²) >= 11 is 0. The van der Waals surface area contributed by atoms with E-state index >= 15 is 0 Å². The van der Waals surface area contributed by atoms with E-state index in [1.807, 2.05) is 36.4 Å². The standard InChI is InChI=1S/C12H14O3.C9H7NO/c1-14-11-7-10(13)12(15-2)6-8-4-3-5-9(8)11;11-9-2-1-7-3-4-10-6-8(7)5-9/h3-6,10,13H,7H2,1-2H3;1,3-6H,2H2. The maximum atomic E-state index is 10.9. The lowest BCUT2D eigenvalue weighted by Crippen LogP contribution is -2.29. The fraction of sp³-hybridized carbons (Fsp3) is 0.238. The molecule has 0 radical (unpaired) electrons. The number of carbonyl (C=O) groups is 1. The molecule has 5 heteroatoms. The molecule has 0 aliphatic heterocycles. The van der Waals surface area contributed by atoms with Crippen LogP contribution in [0.5, 0.6) is 0 Å². The number of rotatable bonds is 2. The zero-order valence-electron chi connectivity index (χ0n) is 14.8. The van der Waals surface area contributed by atoms with Gasteiger partial charge in [-0.3, -0.25) is 9.78 Å².